The van der Waals surface area contributed by atoms with Gasteiger partial charge in [0.05, 0.1) is 22.4 Å². The number of rotatable bonds is 2. The minimum absolute atomic E-state index is 0.0830. The molecule has 1 aliphatic carbocycles. The molecule has 0 atom stereocenters. The average molecular weight is 499 g/mol. The van der Waals surface area contributed by atoms with Gasteiger partial charge in [0.1, 0.15) is 0 Å². The van der Waals surface area contributed by atoms with Crippen molar-refractivity contribution in [3.8, 4) is 33.6 Å². The molecular formula is C37H26N2. The smallest absolute Gasteiger partial charge is 0.0979 e. The fourth-order valence-electron chi connectivity index (χ4n) is 6.63. The lowest BCUT2D eigenvalue weighted by Crippen LogP contribution is -2.15. The zero-order valence-electron chi connectivity index (χ0n) is 21.9. The van der Waals surface area contributed by atoms with E-state index in [0.717, 1.165) is 38.9 Å². The van der Waals surface area contributed by atoms with Crippen LogP contribution in [0.5, 0.6) is 0 Å². The molecule has 39 heavy (non-hydrogen) atoms. The number of nitrogens with zero attached hydrogens (tertiary/aromatic N) is 2. The Morgan fingerprint density at radius 2 is 1.23 bits per heavy atom. The Labute approximate surface area is 227 Å². The topological polar surface area (TPSA) is 25.8 Å². The van der Waals surface area contributed by atoms with Gasteiger partial charge in [0.25, 0.3) is 0 Å². The number of hydrogen-bond donors (Lipinski definition) is 0. The van der Waals surface area contributed by atoms with Crippen LogP contribution in [0.25, 0.3) is 66.2 Å². The number of hydrogen-bond acceptors (Lipinski definition) is 2. The molecule has 2 nitrogen and oxygen atoms in total. The van der Waals surface area contributed by atoms with Gasteiger partial charge in [-0.3, -0.25) is 0 Å². The van der Waals surface area contributed by atoms with Crippen LogP contribution in [0.1, 0.15) is 25.0 Å². The lowest BCUT2D eigenvalue weighted by molar-refractivity contribution is 0.666. The Hall–Kier alpha value is -4.82. The van der Waals surface area contributed by atoms with Gasteiger partial charge in [0.2, 0.25) is 0 Å². The molecule has 0 aliphatic heterocycles. The Morgan fingerprint density at radius 3 is 2.13 bits per heavy atom. The number of benzene rings is 6. The molecule has 6 aromatic carbocycles. The highest BCUT2D eigenvalue weighted by Gasteiger charge is 2.36. The maximum absolute atomic E-state index is 5.33. The quantitative estimate of drug-likeness (QED) is 0.222. The summed E-state index contributed by atoms with van der Waals surface area (Å²) in [5, 5.41) is 4.80. The van der Waals surface area contributed by atoms with Crippen LogP contribution in [0.4, 0.5) is 0 Å². The summed E-state index contributed by atoms with van der Waals surface area (Å²) in [5.74, 6) is 0. The van der Waals surface area contributed by atoms with Crippen molar-refractivity contribution in [1.82, 2.24) is 9.97 Å². The molecule has 0 unspecified atom stereocenters. The van der Waals surface area contributed by atoms with Crippen molar-refractivity contribution in [1.29, 1.82) is 0 Å². The van der Waals surface area contributed by atoms with Crippen LogP contribution in [0.3, 0.4) is 0 Å². The third-order valence-electron chi connectivity index (χ3n) is 8.44. The summed E-state index contributed by atoms with van der Waals surface area (Å²) >= 11 is 0. The van der Waals surface area contributed by atoms with E-state index in [2.05, 4.69) is 129 Å². The first-order valence-corrected chi connectivity index (χ1v) is 13.5. The highest BCUT2D eigenvalue weighted by Crippen LogP contribution is 2.52. The predicted molar refractivity (Wildman–Crippen MR) is 163 cm³/mol. The minimum atomic E-state index is -0.0830. The van der Waals surface area contributed by atoms with E-state index < -0.39 is 0 Å². The van der Waals surface area contributed by atoms with Gasteiger partial charge in [-0.2, -0.15) is 0 Å². The summed E-state index contributed by atoms with van der Waals surface area (Å²) in [5.41, 5.74) is 11.2. The normalized spacial score (nSPS) is 13.6. The third kappa shape index (κ3) is 3.15. The monoisotopic (exact) mass is 498 g/mol. The standard InChI is InChI=1S/C37H26N2/c1-37(2)31-18-9-8-15-27(31)29-21-20-26-28(33(29)37)16-10-17-30(26)36-34(24-12-4-3-5-13-24)39-35-25-14-7-6-11-23(25)19-22-32(35)38-36/h3-22H,1-2H3. The second kappa shape index (κ2) is 8.09. The van der Waals surface area contributed by atoms with Crippen LogP contribution >= 0.6 is 0 Å². The second-order valence-electron chi connectivity index (χ2n) is 11.0. The fraction of sp³-hybridized carbons (Fsp3) is 0.0811. The van der Waals surface area contributed by atoms with Crippen molar-refractivity contribution in [2.75, 3.05) is 0 Å². The molecule has 1 heterocycles. The molecule has 0 radical (unpaired) electrons. The van der Waals surface area contributed by atoms with Crippen LogP contribution in [-0.2, 0) is 5.41 Å². The van der Waals surface area contributed by atoms with Gasteiger partial charge in [-0.25, -0.2) is 9.97 Å². The summed E-state index contributed by atoms with van der Waals surface area (Å²) < 4.78 is 0. The maximum atomic E-state index is 5.33. The summed E-state index contributed by atoms with van der Waals surface area (Å²) in [6, 6.07) is 43.2. The molecule has 0 saturated heterocycles. The fourth-order valence-corrected chi connectivity index (χ4v) is 6.63. The number of fused-ring (bicyclic) bond motifs is 8. The third-order valence-corrected chi connectivity index (χ3v) is 8.44. The van der Waals surface area contributed by atoms with Crippen LogP contribution in [-0.4, -0.2) is 9.97 Å². The summed E-state index contributed by atoms with van der Waals surface area (Å²) in [4.78, 5) is 10.7. The second-order valence-corrected chi connectivity index (χ2v) is 11.0. The van der Waals surface area contributed by atoms with Crippen LogP contribution in [0, 0.1) is 0 Å². The zero-order chi connectivity index (χ0) is 26.1. The molecule has 1 aliphatic rings. The summed E-state index contributed by atoms with van der Waals surface area (Å²) in [6.07, 6.45) is 0. The van der Waals surface area contributed by atoms with Gasteiger partial charge in [-0.15, -0.1) is 0 Å². The van der Waals surface area contributed by atoms with E-state index in [-0.39, 0.29) is 5.41 Å². The lowest BCUT2D eigenvalue weighted by Gasteiger charge is -2.24. The van der Waals surface area contributed by atoms with E-state index in [9.17, 15) is 0 Å². The largest absolute Gasteiger partial charge is 0.244 e. The highest BCUT2D eigenvalue weighted by atomic mass is 14.8. The van der Waals surface area contributed by atoms with Gasteiger partial charge < -0.3 is 0 Å². The Balaban J connectivity index is 1.46. The SMILES string of the molecule is CC1(C)c2ccccc2-c2ccc3c(-c4nc5ccc6ccccc6c5nc4-c4ccccc4)cccc3c21. The predicted octanol–water partition coefficient (Wildman–Crippen LogP) is 9.58. The van der Waals surface area contributed by atoms with Gasteiger partial charge in [0.15, 0.2) is 0 Å². The van der Waals surface area contributed by atoms with Crippen LogP contribution in [0.15, 0.2) is 121 Å². The maximum Gasteiger partial charge on any atom is 0.0979 e. The summed E-state index contributed by atoms with van der Waals surface area (Å²) in [6.45, 7) is 4.69. The van der Waals surface area contributed by atoms with E-state index in [4.69, 9.17) is 9.97 Å². The summed E-state index contributed by atoms with van der Waals surface area (Å²) in [7, 11) is 0. The molecule has 0 N–H and O–H groups in total. The molecule has 0 bridgehead atoms. The first-order valence-electron chi connectivity index (χ1n) is 13.5. The van der Waals surface area contributed by atoms with Crippen molar-refractivity contribution < 1.29 is 0 Å². The van der Waals surface area contributed by atoms with Crippen LogP contribution in [0.2, 0.25) is 0 Å². The van der Waals surface area contributed by atoms with Gasteiger partial charge in [0, 0.05) is 21.9 Å². The van der Waals surface area contributed by atoms with Gasteiger partial charge >= 0.3 is 0 Å². The average Bonchev–Trinajstić information content (AvgIpc) is 3.23. The Kier molecular flexibility index (Phi) is 4.60. The zero-order valence-corrected chi connectivity index (χ0v) is 21.9. The van der Waals surface area contributed by atoms with Gasteiger partial charge in [-0.1, -0.05) is 129 Å². The highest BCUT2D eigenvalue weighted by molar-refractivity contribution is 6.08. The molecule has 2 heteroatoms. The van der Waals surface area contributed by atoms with Crippen molar-refractivity contribution >= 4 is 32.6 Å². The molecule has 0 spiro atoms. The molecule has 0 amide bonds. The first kappa shape index (κ1) is 22.2. The van der Waals surface area contributed by atoms with E-state index in [0.29, 0.717) is 0 Å². The van der Waals surface area contributed by atoms with E-state index >= 15 is 0 Å². The van der Waals surface area contributed by atoms with Crippen molar-refractivity contribution in [3.63, 3.8) is 0 Å². The number of aromatic nitrogens is 2. The van der Waals surface area contributed by atoms with Crippen molar-refractivity contribution in [2.24, 2.45) is 0 Å². The Morgan fingerprint density at radius 1 is 0.487 bits per heavy atom. The lowest BCUT2D eigenvalue weighted by atomic mass is 9.79. The molecule has 0 fully saturated rings. The van der Waals surface area contributed by atoms with Crippen LogP contribution < -0.4 is 0 Å². The molecule has 8 rings (SSSR count). The van der Waals surface area contributed by atoms with Gasteiger partial charge in [-0.05, 0) is 44.5 Å². The van der Waals surface area contributed by atoms with E-state index in [1.807, 2.05) is 6.07 Å². The molecule has 1 aromatic heterocycles. The minimum Gasteiger partial charge on any atom is -0.244 e. The van der Waals surface area contributed by atoms with Crippen molar-refractivity contribution in [3.05, 3.63) is 132 Å². The van der Waals surface area contributed by atoms with E-state index in [1.165, 1.54) is 38.4 Å². The Bertz CT molecular complexity index is 2090. The van der Waals surface area contributed by atoms with E-state index in [1.54, 1.807) is 0 Å². The van der Waals surface area contributed by atoms with Crippen molar-refractivity contribution in [2.45, 2.75) is 19.3 Å². The molecule has 184 valence electrons. The molecular weight excluding hydrogens is 472 g/mol. The first-order chi connectivity index (χ1) is 19.1. The molecule has 0 saturated carbocycles. The molecule has 7 aromatic rings.